The van der Waals surface area contributed by atoms with Crippen LogP contribution in [-0.2, 0) is 50.4 Å². The van der Waals surface area contributed by atoms with Crippen LogP contribution in [-0.4, -0.2) is 55.6 Å². The topological polar surface area (TPSA) is 106 Å². The molecule has 2 rings (SSSR count). The molecule has 31 heavy (non-hydrogen) atoms. The Morgan fingerprint density at radius 1 is 1.03 bits per heavy atom. The molecule has 0 fully saturated rings. The van der Waals surface area contributed by atoms with Gasteiger partial charge in [-0.3, -0.25) is 14.1 Å². The normalized spacial score (nSPS) is 11.8. The number of ether oxygens (including phenoxy) is 2. The van der Waals surface area contributed by atoms with Crippen molar-refractivity contribution in [2.45, 2.75) is 33.9 Å². The predicted octanol–water partition coefficient (Wildman–Crippen LogP) is 3.21. The molecule has 0 radical (unpaired) electrons. The molecule has 0 amide bonds. The van der Waals surface area contributed by atoms with Crippen molar-refractivity contribution in [2.24, 2.45) is 0 Å². The van der Waals surface area contributed by atoms with E-state index < -0.39 is 33.3 Å². The first kappa shape index (κ1) is 25.0. The molecule has 0 atom stereocenters. The van der Waals surface area contributed by atoms with E-state index in [-0.39, 0.29) is 6.73 Å². The molecule has 0 saturated heterocycles. The lowest BCUT2D eigenvalue weighted by Crippen LogP contribution is -2.14. The first-order valence-corrected chi connectivity index (χ1v) is 11.1. The third kappa shape index (κ3) is 8.08. The highest BCUT2D eigenvalue weighted by Gasteiger charge is 2.29. The minimum atomic E-state index is -4.19. The molecule has 0 bridgehead atoms. The molecule has 1 heterocycles. The second kappa shape index (κ2) is 11.4. The number of phosphoric acid groups is 1. The van der Waals surface area contributed by atoms with Gasteiger partial charge in [-0.05, 0) is 45.1 Å². The maximum atomic E-state index is 12.9. The van der Waals surface area contributed by atoms with Crippen molar-refractivity contribution in [3.63, 3.8) is 0 Å². The Kier molecular flexibility index (Phi) is 9.21. The Balaban J connectivity index is 2.19. The van der Waals surface area contributed by atoms with Gasteiger partial charge in [-0.2, -0.15) is 0 Å². The van der Waals surface area contributed by atoms with Crippen molar-refractivity contribution in [3.8, 4) is 0 Å². The van der Waals surface area contributed by atoms with Crippen LogP contribution in [0.2, 0.25) is 0 Å². The molecular formula is C20H29N2O8P. The third-order valence-electron chi connectivity index (χ3n) is 4.25. The number of hydrogen-bond acceptors (Lipinski definition) is 9. The zero-order valence-corrected chi connectivity index (χ0v) is 19.3. The van der Waals surface area contributed by atoms with E-state index in [1.807, 2.05) is 39.3 Å². The van der Waals surface area contributed by atoms with Gasteiger partial charge in [0.15, 0.2) is 0 Å². The molecule has 2 aromatic rings. The average Bonchev–Trinajstić information content (AvgIpc) is 3.01. The summed E-state index contributed by atoms with van der Waals surface area (Å²) in [6, 6.07) is 6.02. The number of phosphoric ester groups is 1. The average molecular weight is 456 g/mol. The second-order valence-corrected chi connectivity index (χ2v) is 8.84. The minimum absolute atomic E-state index is 0.154. The van der Waals surface area contributed by atoms with Crippen molar-refractivity contribution < 1.29 is 37.2 Å². The van der Waals surface area contributed by atoms with Gasteiger partial charge in [0.05, 0.1) is 5.52 Å². The van der Waals surface area contributed by atoms with E-state index in [9.17, 15) is 14.2 Å². The molecular weight excluding hydrogens is 427 g/mol. The van der Waals surface area contributed by atoms with Gasteiger partial charge in [-0.1, -0.05) is 11.6 Å². The quantitative estimate of drug-likeness (QED) is 0.270. The molecule has 10 nitrogen and oxygen atoms in total. The van der Waals surface area contributed by atoms with Gasteiger partial charge >= 0.3 is 19.8 Å². The number of likely N-dealkylation sites (N-methyl/N-ethyl adjacent to an activating group) is 1. The molecule has 0 aliphatic carbocycles. The maximum Gasteiger partial charge on any atom is 0.482 e. The number of carbonyl (C=O) groups excluding carboxylic acids is 2. The summed E-state index contributed by atoms with van der Waals surface area (Å²) in [4.78, 5) is 24.0. The Bertz CT molecular complexity index is 932. The number of aryl methyl sites for hydroxylation is 1. The first-order valence-electron chi connectivity index (χ1n) is 9.63. The molecule has 172 valence electrons. The summed E-state index contributed by atoms with van der Waals surface area (Å²) in [5, 5.41) is 1.07. The molecule has 11 heteroatoms. The van der Waals surface area contributed by atoms with Crippen LogP contribution in [0.3, 0.4) is 0 Å². The summed E-state index contributed by atoms with van der Waals surface area (Å²) in [5.74, 6) is -1.24. The summed E-state index contributed by atoms with van der Waals surface area (Å²) < 4.78 is 39.4. The van der Waals surface area contributed by atoms with Gasteiger partial charge in [-0.15, -0.1) is 0 Å². The van der Waals surface area contributed by atoms with Gasteiger partial charge < -0.3 is 18.9 Å². The van der Waals surface area contributed by atoms with Crippen molar-refractivity contribution >= 4 is 30.7 Å². The Labute approximate surface area is 181 Å². The number of aromatic nitrogens is 1. The Hall–Kier alpha value is -2.23. The van der Waals surface area contributed by atoms with Crippen LogP contribution < -0.4 is 0 Å². The molecule has 0 aliphatic heterocycles. The van der Waals surface area contributed by atoms with Gasteiger partial charge in [0.25, 0.3) is 0 Å². The third-order valence-corrected chi connectivity index (χ3v) is 5.52. The molecule has 1 aromatic heterocycles. The van der Waals surface area contributed by atoms with Crippen molar-refractivity contribution in [2.75, 3.05) is 34.2 Å². The summed E-state index contributed by atoms with van der Waals surface area (Å²) in [6.07, 6.45) is 2.75. The zero-order chi connectivity index (χ0) is 23.0. The summed E-state index contributed by atoms with van der Waals surface area (Å²) >= 11 is 0. The smallest absolute Gasteiger partial charge is 0.438 e. The van der Waals surface area contributed by atoms with Gasteiger partial charge in [0, 0.05) is 32.0 Å². The summed E-state index contributed by atoms with van der Waals surface area (Å²) in [6.45, 7) is 3.82. The molecule has 0 unspecified atom stereocenters. The maximum absolute atomic E-state index is 12.9. The number of nitrogens with zero attached hydrogens (tertiary/aromatic N) is 2. The highest BCUT2D eigenvalue weighted by molar-refractivity contribution is 7.48. The van der Waals surface area contributed by atoms with E-state index >= 15 is 0 Å². The lowest BCUT2D eigenvalue weighted by atomic mass is 10.1. The van der Waals surface area contributed by atoms with E-state index in [1.165, 1.54) is 13.8 Å². The molecule has 0 aliphatic rings. The number of carbonyl (C=O) groups is 2. The highest BCUT2D eigenvalue weighted by Crippen LogP contribution is 2.50. The van der Waals surface area contributed by atoms with Crippen LogP contribution in [0.25, 0.3) is 10.9 Å². The first-order chi connectivity index (χ1) is 14.6. The SMILES string of the molecule is CC(=O)OCOP(=O)(OCOC(C)=O)OCn1cc(CCN(C)C)c2cc(C)ccc21. The number of hydrogen-bond donors (Lipinski definition) is 0. The number of rotatable bonds is 12. The van der Waals surface area contributed by atoms with Gasteiger partial charge in [0.2, 0.25) is 13.6 Å². The number of fused-ring (bicyclic) bond motifs is 1. The summed E-state index contributed by atoms with van der Waals surface area (Å²) in [7, 11) is -0.181. The van der Waals surface area contributed by atoms with Crippen LogP contribution in [0.15, 0.2) is 24.4 Å². The zero-order valence-electron chi connectivity index (χ0n) is 18.5. The molecule has 0 N–H and O–H groups in total. The Morgan fingerprint density at radius 3 is 2.19 bits per heavy atom. The van der Waals surface area contributed by atoms with Crippen LogP contribution in [0.1, 0.15) is 25.0 Å². The van der Waals surface area contributed by atoms with Gasteiger partial charge in [-0.25, -0.2) is 13.6 Å². The Morgan fingerprint density at radius 2 is 1.65 bits per heavy atom. The van der Waals surface area contributed by atoms with E-state index in [2.05, 4.69) is 20.4 Å². The van der Waals surface area contributed by atoms with Crippen molar-refractivity contribution in [3.05, 3.63) is 35.5 Å². The number of benzene rings is 1. The van der Waals surface area contributed by atoms with Crippen LogP contribution in [0, 0.1) is 6.92 Å². The lowest BCUT2D eigenvalue weighted by Gasteiger charge is -2.18. The van der Waals surface area contributed by atoms with E-state index in [4.69, 9.17) is 13.6 Å². The van der Waals surface area contributed by atoms with E-state index in [1.54, 1.807) is 4.57 Å². The standard InChI is InChI=1S/C20H29N2O8P/c1-15-6-7-20-19(10-15)18(8-9-21(4)5)11-22(20)12-28-31(25,29-13-26-16(2)23)30-14-27-17(3)24/h6-7,10-11H,8-9,12-14H2,1-5H3. The van der Waals surface area contributed by atoms with Crippen LogP contribution >= 0.6 is 7.82 Å². The lowest BCUT2D eigenvalue weighted by molar-refractivity contribution is -0.151. The fourth-order valence-electron chi connectivity index (χ4n) is 2.73. The second-order valence-electron chi connectivity index (χ2n) is 7.17. The minimum Gasteiger partial charge on any atom is -0.438 e. The van der Waals surface area contributed by atoms with Crippen molar-refractivity contribution in [1.82, 2.24) is 9.47 Å². The van der Waals surface area contributed by atoms with Crippen LogP contribution in [0.4, 0.5) is 0 Å². The molecule has 0 spiro atoms. The van der Waals surface area contributed by atoms with E-state index in [0.717, 1.165) is 35.0 Å². The highest BCUT2D eigenvalue weighted by atomic mass is 31.2. The predicted molar refractivity (Wildman–Crippen MR) is 113 cm³/mol. The van der Waals surface area contributed by atoms with Gasteiger partial charge in [0.1, 0.15) is 6.73 Å². The monoisotopic (exact) mass is 456 g/mol. The van der Waals surface area contributed by atoms with Crippen molar-refractivity contribution in [1.29, 1.82) is 0 Å². The van der Waals surface area contributed by atoms with E-state index in [0.29, 0.717) is 0 Å². The number of esters is 2. The largest absolute Gasteiger partial charge is 0.482 e. The fraction of sp³-hybridized carbons (Fsp3) is 0.500. The van der Waals surface area contributed by atoms with Crippen LogP contribution in [0.5, 0.6) is 0 Å². The fourth-order valence-corrected chi connectivity index (χ4v) is 3.58. The summed E-state index contributed by atoms with van der Waals surface area (Å²) in [5.41, 5.74) is 3.13. The molecule has 0 saturated carbocycles. The molecule has 1 aromatic carbocycles.